The Kier molecular flexibility index (Phi) is 3.06. The fraction of sp³-hybridized carbons (Fsp3) is 0.750. The molecule has 0 aromatic rings. The van der Waals surface area contributed by atoms with Crippen LogP contribution in [0.15, 0.2) is 0 Å². The molecule has 1 aliphatic rings. The van der Waals surface area contributed by atoms with Crippen molar-refractivity contribution in [2.75, 3.05) is 6.54 Å². The van der Waals surface area contributed by atoms with Gasteiger partial charge in [0.1, 0.15) is 0 Å². The molecule has 0 bridgehead atoms. The molecule has 0 aliphatic carbocycles. The maximum atomic E-state index is 10.6. The third-order valence-electron chi connectivity index (χ3n) is 2.16. The molecular weight excluding hydrogens is 156 g/mol. The first-order valence-electron chi connectivity index (χ1n) is 4.11. The van der Waals surface area contributed by atoms with Gasteiger partial charge >= 0.3 is 5.97 Å². The summed E-state index contributed by atoms with van der Waals surface area (Å²) in [5.41, 5.74) is 0. The molecule has 66 valence electrons. The van der Waals surface area contributed by atoms with Crippen molar-refractivity contribution >= 4 is 5.97 Å². The van der Waals surface area contributed by atoms with Gasteiger partial charge in [-0.05, 0) is 19.4 Å². The van der Waals surface area contributed by atoms with Crippen molar-refractivity contribution in [3.05, 3.63) is 0 Å². The van der Waals surface area contributed by atoms with E-state index < -0.39 is 11.9 Å². The van der Waals surface area contributed by atoms with E-state index in [2.05, 4.69) is 5.32 Å². The highest BCUT2D eigenvalue weighted by atomic mass is 16.4. The lowest BCUT2D eigenvalue weighted by atomic mass is 9.93. The average Bonchev–Trinajstić information content (AvgIpc) is 2.07. The van der Waals surface area contributed by atoms with E-state index in [4.69, 9.17) is 10.4 Å². The minimum atomic E-state index is -1.02. The summed E-state index contributed by atoms with van der Waals surface area (Å²) in [4.78, 5) is 10.6. The summed E-state index contributed by atoms with van der Waals surface area (Å²) >= 11 is 0. The first-order valence-corrected chi connectivity index (χ1v) is 4.11. The van der Waals surface area contributed by atoms with Gasteiger partial charge < -0.3 is 10.4 Å². The predicted octanol–water partition coefficient (Wildman–Crippen LogP) is 0.353. The number of hydrogen-bond acceptors (Lipinski definition) is 3. The second-order valence-corrected chi connectivity index (χ2v) is 3.00. The van der Waals surface area contributed by atoms with Gasteiger partial charge in [-0.1, -0.05) is 6.42 Å². The first-order chi connectivity index (χ1) is 5.75. The van der Waals surface area contributed by atoms with E-state index in [9.17, 15) is 4.79 Å². The second kappa shape index (κ2) is 4.07. The number of piperidine rings is 1. The van der Waals surface area contributed by atoms with E-state index in [1.807, 2.05) is 6.07 Å². The first kappa shape index (κ1) is 9.01. The number of nitrogens with one attached hydrogen (secondary N) is 1. The molecule has 4 nitrogen and oxygen atoms in total. The third-order valence-corrected chi connectivity index (χ3v) is 2.16. The van der Waals surface area contributed by atoms with Crippen LogP contribution < -0.4 is 5.32 Å². The van der Waals surface area contributed by atoms with Crippen molar-refractivity contribution in [1.82, 2.24) is 5.32 Å². The smallest absolute Gasteiger partial charge is 0.322 e. The molecule has 1 aliphatic heterocycles. The van der Waals surface area contributed by atoms with E-state index in [0.29, 0.717) is 0 Å². The quantitative estimate of drug-likeness (QED) is 0.624. The third kappa shape index (κ3) is 1.95. The lowest BCUT2D eigenvalue weighted by Crippen LogP contribution is -2.42. The van der Waals surface area contributed by atoms with Crippen LogP contribution >= 0.6 is 0 Å². The fourth-order valence-electron chi connectivity index (χ4n) is 1.48. The highest BCUT2D eigenvalue weighted by molar-refractivity contribution is 5.73. The van der Waals surface area contributed by atoms with Gasteiger partial charge in [0.05, 0.1) is 6.07 Å². The molecule has 1 fully saturated rings. The van der Waals surface area contributed by atoms with Gasteiger partial charge in [-0.25, -0.2) is 0 Å². The Morgan fingerprint density at radius 2 is 2.42 bits per heavy atom. The molecule has 0 aromatic heterocycles. The van der Waals surface area contributed by atoms with E-state index in [-0.39, 0.29) is 6.04 Å². The predicted molar refractivity (Wildman–Crippen MR) is 42.4 cm³/mol. The lowest BCUT2D eigenvalue weighted by Gasteiger charge is -2.24. The topological polar surface area (TPSA) is 73.1 Å². The average molecular weight is 168 g/mol. The van der Waals surface area contributed by atoms with E-state index in [0.717, 1.165) is 25.8 Å². The Morgan fingerprint density at radius 3 is 2.83 bits per heavy atom. The second-order valence-electron chi connectivity index (χ2n) is 3.00. The zero-order chi connectivity index (χ0) is 8.97. The highest BCUT2D eigenvalue weighted by Gasteiger charge is 2.28. The van der Waals surface area contributed by atoms with Crippen molar-refractivity contribution in [1.29, 1.82) is 5.26 Å². The largest absolute Gasteiger partial charge is 0.480 e. The Hall–Kier alpha value is -1.08. The maximum absolute atomic E-state index is 10.6. The number of rotatable bonds is 2. The van der Waals surface area contributed by atoms with Crippen LogP contribution in [0, 0.1) is 17.2 Å². The van der Waals surface area contributed by atoms with Crippen LogP contribution in [0.5, 0.6) is 0 Å². The summed E-state index contributed by atoms with van der Waals surface area (Å²) in [7, 11) is 0. The van der Waals surface area contributed by atoms with Crippen LogP contribution in [0.25, 0.3) is 0 Å². The number of hydrogen-bond donors (Lipinski definition) is 2. The van der Waals surface area contributed by atoms with E-state index in [1.165, 1.54) is 0 Å². The number of nitrogens with zero attached hydrogens (tertiary/aromatic N) is 1. The van der Waals surface area contributed by atoms with Gasteiger partial charge in [0.25, 0.3) is 0 Å². The molecule has 1 saturated heterocycles. The Labute approximate surface area is 71.2 Å². The molecule has 0 aromatic carbocycles. The molecule has 4 heteroatoms. The van der Waals surface area contributed by atoms with Crippen LogP contribution in [0.1, 0.15) is 19.3 Å². The Morgan fingerprint density at radius 1 is 1.67 bits per heavy atom. The molecule has 0 amide bonds. The van der Waals surface area contributed by atoms with Crippen LogP contribution in [-0.2, 0) is 4.79 Å². The summed E-state index contributed by atoms with van der Waals surface area (Å²) in [6, 6.07) is 1.66. The zero-order valence-electron chi connectivity index (χ0n) is 6.79. The number of carboxylic acid groups (broad SMARTS) is 1. The van der Waals surface area contributed by atoms with E-state index >= 15 is 0 Å². The van der Waals surface area contributed by atoms with Crippen LogP contribution in [0.3, 0.4) is 0 Å². The summed E-state index contributed by atoms with van der Waals surface area (Å²) in [6.07, 6.45) is 2.89. The summed E-state index contributed by atoms with van der Waals surface area (Å²) in [5, 5.41) is 20.3. The minimum absolute atomic E-state index is 0.152. The van der Waals surface area contributed by atoms with Crippen molar-refractivity contribution in [3.8, 4) is 6.07 Å². The molecule has 2 N–H and O–H groups in total. The molecular formula is C8H12N2O2. The van der Waals surface area contributed by atoms with Crippen molar-refractivity contribution in [3.63, 3.8) is 0 Å². The van der Waals surface area contributed by atoms with Gasteiger partial charge in [0.15, 0.2) is 5.92 Å². The molecule has 0 radical (unpaired) electrons. The molecule has 12 heavy (non-hydrogen) atoms. The van der Waals surface area contributed by atoms with Gasteiger partial charge in [-0.15, -0.1) is 0 Å². The zero-order valence-corrected chi connectivity index (χ0v) is 6.79. The number of carbonyl (C=O) groups is 1. The molecule has 2 atom stereocenters. The maximum Gasteiger partial charge on any atom is 0.322 e. The number of carboxylic acids is 1. The summed E-state index contributed by atoms with van der Waals surface area (Å²) in [5.74, 6) is -1.90. The van der Waals surface area contributed by atoms with Gasteiger partial charge in [0, 0.05) is 6.04 Å². The molecule has 0 saturated carbocycles. The monoisotopic (exact) mass is 168 g/mol. The van der Waals surface area contributed by atoms with Crippen LogP contribution in [0.4, 0.5) is 0 Å². The van der Waals surface area contributed by atoms with Crippen molar-refractivity contribution in [2.24, 2.45) is 5.92 Å². The lowest BCUT2D eigenvalue weighted by molar-refractivity contribution is -0.140. The van der Waals surface area contributed by atoms with Crippen LogP contribution in [-0.4, -0.2) is 23.7 Å². The van der Waals surface area contributed by atoms with Crippen LogP contribution in [0.2, 0.25) is 0 Å². The standard InChI is InChI=1S/C8H12N2O2/c9-5-6(8(11)12)7-3-1-2-4-10-7/h6-7,10H,1-4H2,(H,11,12). The SMILES string of the molecule is N#CC(C(=O)O)C1CCCCN1. The summed E-state index contributed by atoms with van der Waals surface area (Å²) < 4.78 is 0. The van der Waals surface area contributed by atoms with E-state index in [1.54, 1.807) is 0 Å². The molecule has 1 heterocycles. The number of aliphatic carboxylic acids is 1. The highest BCUT2D eigenvalue weighted by Crippen LogP contribution is 2.14. The Bertz CT molecular complexity index is 204. The van der Waals surface area contributed by atoms with Gasteiger partial charge in [-0.3, -0.25) is 4.79 Å². The van der Waals surface area contributed by atoms with Gasteiger partial charge in [-0.2, -0.15) is 5.26 Å². The normalized spacial score (nSPS) is 25.8. The van der Waals surface area contributed by atoms with Crippen molar-refractivity contribution < 1.29 is 9.90 Å². The molecule has 0 spiro atoms. The molecule has 2 unspecified atom stereocenters. The van der Waals surface area contributed by atoms with Crippen molar-refractivity contribution in [2.45, 2.75) is 25.3 Å². The molecule has 1 rings (SSSR count). The van der Waals surface area contributed by atoms with Gasteiger partial charge in [0.2, 0.25) is 0 Å². The number of nitriles is 1. The summed E-state index contributed by atoms with van der Waals surface area (Å²) in [6.45, 7) is 0.829. The minimum Gasteiger partial charge on any atom is -0.480 e. The Balaban J connectivity index is 2.53. The fourth-order valence-corrected chi connectivity index (χ4v) is 1.48.